The van der Waals surface area contributed by atoms with Gasteiger partial charge in [0.15, 0.2) is 0 Å². The minimum absolute atomic E-state index is 0.0929. The summed E-state index contributed by atoms with van der Waals surface area (Å²) in [5.41, 5.74) is 0.623. The van der Waals surface area contributed by atoms with Gasteiger partial charge in [-0.1, -0.05) is 6.58 Å². The smallest absolute Gasteiger partial charge is 0.233 e. The molecule has 4 heteroatoms. The van der Waals surface area contributed by atoms with Crippen molar-refractivity contribution in [3.05, 3.63) is 12.3 Å². The largest absolute Gasteiger partial charge is 0.392 e. The minimum atomic E-state index is -0.594. The Balaban J connectivity index is 2.74. The maximum Gasteiger partial charge on any atom is 0.233 e. The van der Waals surface area contributed by atoms with Crippen LogP contribution in [0.3, 0.4) is 0 Å². The van der Waals surface area contributed by atoms with Gasteiger partial charge in [0.1, 0.15) is 5.92 Å². The molecule has 1 heterocycles. The molecule has 0 saturated carbocycles. The number of amides is 1. The average Bonchev–Trinajstić information content (AvgIpc) is 2.03. The van der Waals surface area contributed by atoms with Gasteiger partial charge in [0.2, 0.25) is 5.91 Å². The molecule has 1 aliphatic heterocycles. The lowest BCUT2D eigenvalue weighted by molar-refractivity contribution is -0.135. The summed E-state index contributed by atoms with van der Waals surface area (Å²) in [6, 6.07) is 0. The highest BCUT2D eigenvalue weighted by atomic mass is 16.3. The normalized spacial score (nSPS) is 28.1. The zero-order valence-corrected chi connectivity index (χ0v) is 8.08. The van der Waals surface area contributed by atoms with Gasteiger partial charge in [-0.25, -0.2) is 0 Å². The van der Waals surface area contributed by atoms with Gasteiger partial charge < -0.3 is 15.3 Å². The van der Waals surface area contributed by atoms with E-state index in [1.165, 1.54) is 4.90 Å². The number of aliphatic hydroxyl groups is 1. The maximum absolute atomic E-state index is 11.6. The van der Waals surface area contributed by atoms with Gasteiger partial charge >= 0.3 is 0 Å². The highest BCUT2D eigenvalue weighted by Gasteiger charge is 2.33. The SMILES string of the molecule is C=C1NCCC(O)C1C(=O)N(C)C. The van der Waals surface area contributed by atoms with Crippen molar-refractivity contribution in [1.82, 2.24) is 10.2 Å². The summed E-state index contributed by atoms with van der Waals surface area (Å²) < 4.78 is 0. The van der Waals surface area contributed by atoms with Crippen LogP contribution in [0.25, 0.3) is 0 Å². The number of nitrogens with zero attached hydrogens (tertiary/aromatic N) is 1. The number of nitrogens with one attached hydrogen (secondary N) is 1. The Labute approximate surface area is 78.2 Å². The third-order valence-corrected chi connectivity index (χ3v) is 2.26. The second-order valence-corrected chi connectivity index (χ2v) is 3.52. The van der Waals surface area contributed by atoms with Crippen molar-refractivity contribution in [1.29, 1.82) is 0 Å². The molecule has 1 fully saturated rings. The van der Waals surface area contributed by atoms with E-state index in [1.807, 2.05) is 0 Å². The van der Waals surface area contributed by atoms with Gasteiger partial charge in [0.25, 0.3) is 0 Å². The first kappa shape index (κ1) is 10.1. The molecule has 74 valence electrons. The van der Waals surface area contributed by atoms with E-state index >= 15 is 0 Å². The molecule has 13 heavy (non-hydrogen) atoms. The Bertz CT molecular complexity index is 226. The van der Waals surface area contributed by atoms with Crippen molar-refractivity contribution in [3.63, 3.8) is 0 Å². The highest BCUT2D eigenvalue weighted by Crippen LogP contribution is 2.20. The summed E-state index contributed by atoms with van der Waals surface area (Å²) in [7, 11) is 3.36. The first-order valence-corrected chi connectivity index (χ1v) is 4.36. The van der Waals surface area contributed by atoms with Crippen LogP contribution in [0.15, 0.2) is 12.3 Å². The van der Waals surface area contributed by atoms with Gasteiger partial charge in [-0.05, 0) is 6.42 Å². The summed E-state index contributed by atoms with van der Waals surface area (Å²) in [4.78, 5) is 13.1. The number of carbonyl (C=O) groups is 1. The maximum atomic E-state index is 11.6. The molecule has 1 aliphatic rings. The minimum Gasteiger partial charge on any atom is -0.392 e. The Hall–Kier alpha value is -1.03. The lowest BCUT2D eigenvalue weighted by Gasteiger charge is -2.31. The number of hydrogen-bond acceptors (Lipinski definition) is 3. The van der Waals surface area contributed by atoms with Gasteiger partial charge in [-0.3, -0.25) is 4.79 Å². The lowest BCUT2D eigenvalue weighted by Crippen LogP contribution is -2.45. The molecule has 0 aromatic heterocycles. The number of aliphatic hydroxyl groups excluding tert-OH is 1. The summed E-state index contributed by atoms with van der Waals surface area (Å²) >= 11 is 0. The number of piperidine rings is 1. The molecule has 0 aromatic carbocycles. The zero-order valence-electron chi connectivity index (χ0n) is 8.08. The molecule has 0 aliphatic carbocycles. The van der Waals surface area contributed by atoms with Crippen molar-refractivity contribution >= 4 is 5.91 Å². The van der Waals surface area contributed by atoms with E-state index in [2.05, 4.69) is 11.9 Å². The van der Waals surface area contributed by atoms with Gasteiger partial charge in [-0.15, -0.1) is 0 Å². The van der Waals surface area contributed by atoms with Crippen LogP contribution in [0.1, 0.15) is 6.42 Å². The van der Waals surface area contributed by atoms with Crippen molar-refractivity contribution in [2.24, 2.45) is 5.92 Å². The average molecular weight is 184 g/mol. The molecule has 1 saturated heterocycles. The van der Waals surface area contributed by atoms with E-state index in [4.69, 9.17) is 0 Å². The fourth-order valence-corrected chi connectivity index (χ4v) is 1.48. The second kappa shape index (κ2) is 3.79. The van der Waals surface area contributed by atoms with E-state index in [-0.39, 0.29) is 5.91 Å². The standard InChI is InChI=1S/C9H16N2O2/c1-6-8(9(13)11(2)3)7(12)4-5-10-6/h7-8,10,12H,1,4-5H2,2-3H3. The first-order chi connectivity index (χ1) is 6.04. The van der Waals surface area contributed by atoms with Crippen LogP contribution in [-0.4, -0.2) is 42.7 Å². The molecule has 0 bridgehead atoms. The molecular weight excluding hydrogens is 168 g/mol. The van der Waals surface area contributed by atoms with Crippen LogP contribution in [0, 0.1) is 5.92 Å². The fourth-order valence-electron chi connectivity index (χ4n) is 1.48. The molecule has 0 spiro atoms. The van der Waals surface area contributed by atoms with Crippen molar-refractivity contribution in [3.8, 4) is 0 Å². The quantitative estimate of drug-likeness (QED) is 0.581. The van der Waals surface area contributed by atoms with E-state index in [0.29, 0.717) is 18.7 Å². The molecule has 1 amide bonds. The second-order valence-electron chi connectivity index (χ2n) is 3.52. The number of rotatable bonds is 1. The van der Waals surface area contributed by atoms with Crippen LogP contribution >= 0.6 is 0 Å². The topological polar surface area (TPSA) is 52.6 Å². The van der Waals surface area contributed by atoms with E-state index < -0.39 is 12.0 Å². The van der Waals surface area contributed by atoms with E-state index in [9.17, 15) is 9.90 Å². The van der Waals surface area contributed by atoms with Crippen molar-refractivity contribution in [2.45, 2.75) is 12.5 Å². The molecule has 0 radical (unpaired) electrons. The van der Waals surface area contributed by atoms with Gasteiger partial charge in [0, 0.05) is 26.3 Å². The van der Waals surface area contributed by atoms with Crippen molar-refractivity contribution in [2.75, 3.05) is 20.6 Å². The first-order valence-electron chi connectivity index (χ1n) is 4.36. The Morgan fingerprint density at radius 1 is 1.69 bits per heavy atom. The third kappa shape index (κ3) is 2.01. The molecule has 1 rings (SSSR count). The van der Waals surface area contributed by atoms with Gasteiger partial charge in [0.05, 0.1) is 6.10 Å². The molecule has 4 nitrogen and oxygen atoms in total. The van der Waals surface area contributed by atoms with E-state index in [1.54, 1.807) is 14.1 Å². The predicted molar refractivity (Wildman–Crippen MR) is 50.0 cm³/mol. The number of carbonyl (C=O) groups excluding carboxylic acids is 1. The van der Waals surface area contributed by atoms with E-state index in [0.717, 1.165) is 0 Å². The summed E-state index contributed by atoms with van der Waals surface area (Å²) in [6.45, 7) is 4.42. The Morgan fingerprint density at radius 2 is 2.31 bits per heavy atom. The fraction of sp³-hybridized carbons (Fsp3) is 0.667. The third-order valence-electron chi connectivity index (χ3n) is 2.26. The molecule has 2 unspecified atom stereocenters. The summed E-state index contributed by atoms with van der Waals surface area (Å²) in [5, 5.41) is 12.6. The molecule has 0 aromatic rings. The van der Waals surface area contributed by atoms with Crippen molar-refractivity contribution < 1.29 is 9.90 Å². The Kier molecular flexibility index (Phi) is 2.93. The summed E-state index contributed by atoms with van der Waals surface area (Å²) in [6.07, 6.45) is 0.00662. The Morgan fingerprint density at radius 3 is 2.77 bits per heavy atom. The monoisotopic (exact) mass is 184 g/mol. The number of hydrogen-bond donors (Lipinski definition) is 2. The lowest BCUT2D eigenvalue weighted by atomic mass is 9.92. The molecule has 2 atom stereocenters. The molecule has 2 N–H and O–H groups in total. The predicted octanol–water partition coefficient (Wildman–Crippen LogP) is -0.441. The van der Waals surface area contributed by atoms with Crippen LogP contribution in [0.5, 0.6) is 0 Å². The van der Waals surface area contributed by atoms with Crippen LogP contribution in [0.4, 0.5) is 0 Å². The zero-order chi connectivity index (χ0) is 10.0. The molecular formula is C9H16N2O2. The van der Waals surface area contributed by atoms with Crippen LogP contribution in [0.2, 0.25) is 0 Å². The highest BCUT2D eigenvalue weighted by molar-refractivity contribution is 5.81. The summed E-state index contributed by atoms with van der Waals surface area (Å²) in [5.74, 6) is -0.576. The van der Waals surface area contributed by atoms with Gasteiger partial charge in [-0.2, -0.15) is 0 Å². The van der Waals surface area contributed by atoms with Crippen LogP contribution in [-0.2, 0) is 4.79 Å². The van der Waals surface area contributed by atoms with Crippen LogP contribution < -0.4 is 5.32 Å².